The molecule has 1 unspecified atom stereocenters. The molecule has 20 heavy (non-hydrogen) atoms. The van der Waals surface area contributed by atoms with E-state index in [1.165, 1.54) is 11.8 Å². The highest BCUT2D eigenvalue weighted by Crippen LogP contribution is 2.36. The van der Waals surface area contributed by atoms with Crippen LogP contribution in [0.25, 0.3) is 0 Å². The van der Waals surface area contributed by atoms with E-state index in [1.807, 2.05) is 7.05 Å². The van der Waals surface area contributed by atoms with Gasteiger partial charge in [-0.2, -0.15) is 11.3 Å². The third kappa shape index (κ3) is 2.55. The van der Waals surface area contributed by atoms with Crippen LogP contribution in [0.2, 0.25) is 0 Å². The average Bonchev–Trinajstić information content (AvgIpc) is 3.09. The van der Waals surface area contributed by atoms with E-state index in [0.29, 0.717) is 6.04 Å². The van der Waals surface area contributed by atoms with Gasteiger partial charge in [0.2, 0.25) is 0 Å². The minimum atomic E-state index is -0.256. The molecule has 2 aromatic rings. The molecule has 1 aliphatic heterocycles. The molecule has 0 amide bonds. The van der Waals surface area contributed by atoms with Crippen molar-refractivity contribution in [2.75, 3.05) is 25.0 Å². The standard InChI is InChI=1S/C15H18FN3S/c1-17-5-2-14(11-4-7-20-10-11)19-6-3-13-15(19)8-12(16)9-18-13/h4,7-10,14,17H,2-3,5-6H2,1H3. The van der Waals surface area contributed by atoms with Crippen LogP contribution in [-0.4, -0.2) is 25.1 Å². The molecule has 2 aromatic heterocycles. The van der Waals surface area contributed by atoms with Crippen molar-refractivity contribution in [3.8, 4) is 0 Å². The Kier molecular flexibility index (Phi) is 3.98. The second-order valence-corrected chi connectivity index (χ2v) is 5.81. The highest BCUT2D eigenvalue weighted by molar-refractivity contribution is 7.08. The van der Waals surface area contributed by atoms with Gasteiger partial charge in [-0.15, -0.1) is 0 Å². The van der Waals surface area contributed by atoms with Gasteiger partial charge in [0.05, 0.1) is 23.6 Å². The molecule has 5 heteroatoms. The highest BCUT2D eigenvalue weighted by atomic mass is 32.1. The maximum absolute atomic E-state index is 13.5. The predicted molar refractivity (Wildman–Crippen MR) is 80.8 cm³/mol. The predicted octanol–water partition coefficient (Wildman–Crippen LogP) is 3.00. The average molecular weight is 291 g/mol. The number of pyridine rings is 1. The Morgan fingerprint density at radius 3 is 3.20 bits per heavy atom. The number of fused-ring (bicyclic) bond motifs is 1. The lowest BCUT2D eigenvalue weighted by Crippen LogP contribution is -2.29. The third-order valence-corrected chi connectivity index (χ3v) is 4.49. The first-order chi connectivity index (χ1) is 9.79. The van der Waals surface area contributed by atoms with E-state index in [4.69, 9.17) is 0 Å². The summed E-state index contributed by atoms with van der Waals surface area (Å²) < 4.78 is 13.5. The SMILES string of the molecule is CNCCC(c1ccsc1)N1CCc2ncc(F)cc21. The topological polar surface area (TPSA) is 28.2 Å². The lowest BCUT2D eigenvalue weighted by Gasteiger charge is -2.30. The Morgan fingerprint density at radius 2 is 2.45 bits per heavy atom. The summed E-state index contributed by atoms with van der Waals surface area (Å²) in [5.74, 6) is -0.256. The number of hydrogen-bond acceptors (Lipinski definition) is 4. The summed E-state index contributed by atoms with van der Waals surface area (Å²) >= 11 is 1.71. The van der Waals surface area contributed by atoms with E-state index in [1.54, 1.807) is 17.4 Å². The summed E-state index contributed by atoms with van der Waals surface area (Å²) in [6, 6.07) is 4.07. The molecule has 1 aliphatic rings. The first kappa shape index (κ1) is 13.5. The van der Waals surface area contributed by atoms with Gasteiger partial charge in [-0.1, -0.05) is 0 Å². The Morgan fingerprint density at radius 1 is 1.55 bits per heavy atom. The number of nitrogens with one attached hydrogen (secondary N) is 1. The molecule has 0 aliphatic carbocycles. The Balaban J connectivity index is 1.91. The van der Waals surface area contributed by atoms with Crippen LogP contribution in [-0.2, 0) is 6.42 Å². The molecule has 0 radical (unpaired) electrons. The highest BCUT2D eigenvalue weighted by Gasteiger charge is 2.28. The first-order valence-electron chi connectivity index (χ1n) is 6.87. The van der Waals surface area contributed by atoms with Crippen LogP contribution in [0.5, 0.6) is 0 Å². The van der Waals surface area contributed by atoms with Crippen LogP contribution in [0, 0.1) is 5.82 Å². The Bertz CT molecular complexity index is 571. The fraction of sp³-hybridized carbons (Fsp3) is 0.400. The zero-order chi connectivity index (χ0) is 13.9. The Hall–Kier alpha value is -1.46. The molecule has 3 heterocycles. The van der Waals surface area contributed by atoms with E-state index in [9.17, 15) is 4.39 Å². The van der Waals surface area contributed by atoms with Gasteiger partial charge < -0.3 is 10.2 Å². The number of rotatable bonds is 5. The van der Waals surface area contributed by atoms with Crippen LogP contribution in [0.4, 0.5) is 10.1 Å². The monoisotopic (exact) mass is 291 g/mol. The number of nitrogens with zero attached hydrogens (tertiary/aromatic N) is 2. The van der Waals surface area contributed by atoms with E-state index < -0.39 is 0 Å². The number of aromatic nitrogens is 1. The van der Waals surface area contributed by atoms with Gasteiger partial charge in [-0.05, 0) is 42.4 Å². The second kappa shape index (κ2) is 5.89. The van der Waals surface area contributed by atoms with Crippen molar-refractivity contribution in [2.45, 2.75) is 18.9 Å². The van der Waals surface area contributed by atoms with Crippen molar-refractivity contribution in [1.29, 1.82) is 0 Å². The fourth-order valence-corrected chi connectivity index (χ4v) is 3.52. The molecule has 0 bridgehead atoms. The van der Waals surface area contributed by atoms with Crippen molar-refractivity contribution in [1.82, 2.24) is 10.3 Å². The van der Waals surface area contributed by atoms with E-state index in [2.05, 4.69) is 32.0 Å². The normalized spacial score (nSPS) is 15.4. The minimum absolute atomic E-state index is 0.256. The summed E-state index contributed by atoms with van der Waals surface area (Å²) in [7, 11) is 1.96. The lowest BCUT2D eigenvalue weighted by atomic mass is 10.1. The Labute approximate surface area is 122 Å². The molecule has 0 saturated heterocycles. The van der Waals surface area contributed by atoms with Gasteiger partial charge in [-0.3, -0.25) is 4.98 Å². The summed E-state index contributed by atoms with van der Waals surface area (Å²) in [6.07, 6.45) is 3.22. The fourth-order valence-electron chi connectivity index (χ4n) is 2.82. The second-order valence-electron chi connectivity index (χ2n) is 5.03. The minimum Gasteiger partial charge on any atom is -0.362 e. The molecule has 1 atom stereocenters. The quantitative estimate of drug-likeness (QED) is 0.918. The van der Waals surface area contributed by atoms with Crippen LogP contribution >= 0.6 is 11.3 Å². The molecular formula is C15H18FN3S. The van der Waals surface area contributed by atoms with Gasteiger partial charge >= 0.3 is 0 Å². The maximum Gasteiger partial charge on any atom is 0.143 e. The van der Waals surface area contributed by atoms with Crippen molar-refractivity contribution in [3.63, 3.8) is 0 Å². The van der Waals surface area contributed by atoms with Gasteiger partial charge in [0.25, 0.3) is 0 Å². The largest absolute Gasteiger partial charge is 0.362 e. The number of anilines is 1. The maximum atomic E-state index is 13.5. The van der Waals surface area contributed by atoms with Gasteiger partial charge in [0.1, 0.15) is 5.82 Å². The molecule has 0 spiro atoms. The molecule has 0 saturated carbocycles. The first-order valence-corrected chi connectivity index (χ1v) is 7.81. The third-order valence-electron chi connectivity index (χ3n) is 3.78. The van der Waals surface area contributed by atoms with Crippen molar-refractivity contribution in [3.05, 3.63) is 46.2 Å². The van der Waals surface area contributed by atoms with Crippen LogP contribution in [0.1, 0.15) is 23.7 Å². The zero-order valence-electron chi connectivity index (χ0n) is 11.5. The molecule has 1 N–H and O–H groups in total. The number of hydrogen-bond donors (Lipinski definition) is 1. The zero-order valence-corrected chi connectivity index (χ0v) is 12.3. The molecule has 3 nitrogen and oxygen atoms in total. The molecule has 0 aromatic carbocycles. The molecule has 106 valence electrons. The van der Waals surface area contributed by atoms with E-state index >= 15 is 0 Å². The van der Waals surface area contributed by atoms with Gasteiger partial charge in [0, 0.05) is 19.0 Å². The van der Waals surface area contributed by atoms with E-state index in [-0.39, 0.29) is 5.82 Å². The summed E-state index contributed by atoms with van der Waals surface area (Å²) in [5, 5.41) is 7.49. The molecule has 3 rings (SSSR count). The van der Waals surface area contributed by atoms with Crippen molar-refractivity contribution < 1.29 is 4.39 Å². The smallest absolute Gasteiger partial charge is 0.143 e. The lowest BCUT2D eigenvalue weighted by molar-refractivity contribution is 0.568. The summed E-state index contributed by atoms with van der Waals surface area (Å²) in [5.41, 5.74) is 3.27. The molecular weight excluding hydrogens is 273 g/mol. The van der Waals surface area contributed by atoms with Gasteiger partial charge in [0.15, 0.2) is 0 Å². The number of thiophene rings is 1. The molecule has 0 fully saturated rings. The van der Waals surface area contributed by atoms with E-state index in [0.717, 1.165) is 37.3 Å². The van der Waals surface area contributed by atoms with Crippen LogP contribution in [0.3, 0.4) is 0 Å². The van der Waals surface area contributed by atoms with Crippen LogP contribution in [0.15, 0.2) is 29.1 Å². The number of halogens is 1. The van der Waals surface area contributed by atoms with Gasteiger partial charge in [-0.25, -0.2) is 4.39 Å². The van der Waals surface area contributed by atoms with Crippen LogP contribution < -0.4 is 10.2 Å². The van der Waals surface area contributed by atoms with Crippen molar-refractivity contribution >= 4 is 17.0 Å². The summed E-state index contributed by atoms with van der Waals surface area (Å²) in [4.78, 5) is 6.52. The van der Waals surface area contributed by atoms with Crippen molar-refractivity contribution in [2.24, 2.45) is 0 Å². The summed E-state index contributed by atoms with van der Waals surface area (Å²) in [6.45, 7) is 1.85.